The Bertz CT molecular complexity index is 388. The van der Waals surface area contributed by atoms with Gasteiger partial charge in [0.05, 0.1) is 11.0 Å². The molecule has 0 aliphatic rings. The lowest BCUT2D eigenvalue weighted by Crippen LogP contribution is -2.17. The fourth-order valence-corrected chi connectivity index (χ4v) is 1.42. The van der Waals surface area contributed by atoms with Gasteiger partial charge in [-0.2, -0.15) is 0 Å². The summed E-state index contributed by atoms with van der Waals surface area (Å²) in [6.45, 7) is 5.77. The second-order valence-corrected chi connectivity index (χ2v) is 4.16. The van der Waals surface area contributed by atoms with Crippen molar-refractivity contribution in [3.8, 4) is 0 Å². The fourth-order valence-electron chi connectivity index (χ4n) is 1.42. The number of hydrogen-bond acceptors (Lipinski definition) is 2. The first-order valence-electron chi connectivity index (χ1n) is 4.83. The maximum absolute atomic E-state index is 12.9. The van der Waals surface area contributed by atoms with Gasteiger partial charge in [0.15, 0.2) is 0 Å². The van der Waals surface area contributed by atoms with Crippen molar-refractivity contribution in [2.24, 2.45) is 0 Å². The molecule has 0 N–H and O–H groups in total. The Morgan fingerprint density at radius 1 is 1.47 bits per heavy atom. The molecular formula is C11H14FNO2. The van der Waals surface area contributed by atoms with Crippen LogP contribution in [0.5, 0.6) is 0 Å². The largest absolute Gasteiger partial charge is 0.276 e. The third kappa shape index (κ3) is 2.32. The van der Waals surface area contributed by atoms with Gasteiger partial charge in [-0.25, -0.2) is 4.39 Å². The van der Waals surface area contributed by atoms with E-state index in [-0.39, 0.29) is 11.1 Å². The van der Waals surface area contributed by atoms with E-state index in [1.54, 1.807) is 0 Å². The fraction of sp³-hybridized carbons (Fsp3) is 0.455. The Morgan fingerprint density at radius 3 is 2.53 bits per heavy atom. The van der Waals surface area contributed by atoms with E-state index in [2.05, 4.69) is 0 Å². The first-order valence-corrected chi connectivity index (χ1v) is 4.83. The molecule has 15 heavy (non-hydrogen) atoms. The summed E-state index contributed by atoms with van der Waals surface area (Å²) in [6.07, 6.45) is 0.763. The van der Waals surface area contributed by atoms with Crippen molar-refractivity contribution in [1.29, 1.82) is 0 Å². The molecule has 0 bridgehead atoms. The Hall–Kier alpha value is -1.45. The van der Waals surface area contributed by atoms with E-state index in [0.29, 0.717) is 5.56 Å². The summed E-state index contributed by atoms with van der Waals surface area (Å²) >= 11 is 0. The van der Waals surface area contributed by atoms with E-state index in [1.165, 1.54) is 12.1 Å². The number of benzene rings is 1. The molecule has 0 amide bonds. The molecule has 0 unspecified atom stereocenters. The minimum absolute atomic E-state index is 0.137. The molecule has 0 saturated heterocycles. The first-order chi connectivity index (χ1) is 6.88. The summed E-state index contributed by atoms with van der Waals surface area (Å²) in [5, 5.41) is 10.8. The number of rotatable bonds is 3. The maximum Gasteiger partial charge on any atom is 0.276 e. The van der Waals surface area contributed by atoms with Gasteiger partial charge in [0.1, 0.15) is 5.82 Å². The molecule has 0 heterocycles. The molecule has 4 heteroatoms. The lowest BCUT2D eigenvalue weighted by molar-refractivity contribution is -0.386. The van der Waals surface area contributed by atoms with Gasteiger partial charge in [-0.05, 0) is 24.0 Å². The van der Waals surface area contributed by atoms with Crippen LogP contribution in [0.25, 0.3) is 0 Å². The van der Waals surface area contributed by atoms with Gasteiger partial charge in [0.2, 0.25) is 0 Å². The van der Waals surface area contributed by atoms with Crippen LogP contribution < -0.4 is 0 Å². The number of nitro benzene ring substituents is 1. The molecule has 0 aromatic heterocycles. The molecule has 1 aromatic carbocycles. The zero-order valence-electron chi connectivity index (χ0n) is 9.08. The highest BCUT2D eigenvalue weighted by molar-refractivity contribution is 5.44. The average Bonchev–Trinajstić information content (AvgIpc) is 2.17. The lowest BCUT2D eigenvalue weighted by Gasteiger charge is -2.22. The van der Waals surface area contributed by atoms with Gasteiger partial charge >= 0.3 is 0 Å². The van der Waals surface area contributed by atoms with Gasteiger partial charge < -0.3 is 0 Å². The second-order valence-electron chi connectivity index (χ2n) is 4.16. The van der Waals surface area contributed by atoms with Crippen molar-refractivity contribution in [3.05, 3.63) is 39.7 Å². The summed E-state index contributed by atoms with van der Waals surface area (Å²) in [5.74, 6) is -0.572. The maximum atomic E-state index is 12.9. The molecule has 1 rings (SSSR count). The normalized spacial score (nSPS) is 11.5. The van der Waals surface area contributed by atoms with E-state index < -0.39 is 10.7 Å². The number of hydrogen-bond donors (Lipinski definition) is 0. The van der Waals surface area contributed by atoms with Crippen LogP contribution in [0.15, 0.2) is 18.2 Å². The van der Waals surface area contributed by atoms with E-state index in [9.17, 15) is 14.5 Å². The molecule has 0 aliphatic carbocycles. The van der Waals surface area contributed by atoms with Gasteiger partial charge in [-0.3, -0.25) is 10.1 Å². The number of nitro groups is 1. The smallest absolute Gasteiger partial charge is 0.258 e. The predicted molar refractivity (Wildman–Crippen MR) is 56.4 cm³/mol. The molecular weight excluding hydrogens is 197 g/mol. The monoisotopic (exact) mass is 211 g/mol. The molecule has 0 aliphatic heterocycles. The Labute approximate surface area is 88.1 Å². The summed E-state index contributed by atoms with van der Waals surface area (Å²) in [5.41, 5.74) is 0.133. The van der Waals surface area contributed by atoms with Crippen LogP contribution >= 0.6 is 0 Å². The van der Waals surface area contributed by atoms with Crippen LogP contribution in [0.1, 0.15) is 32.8 Å². The van der Waals surface area contributed by atoms with Gasteiger partial charge in [-0.15, -0.1) is 0 Å². The predicted octanol–water partition coefficient (Wildman–Crippen LogP) is 3.42. The molecule has 0 atom stereocenters. The quantitative estimate of drug-likeness (QED) is 0.568. The Morgan fingerprint density at radius 2 is 2.07 bits per heavy atom. The summed E-state index contributed by atoms with van der Waals surface area (Å²) in [4.78, 5) is 10.2. The molecule has 0 radical (unpaired) electrons. The summed E-state index contributed by atoms with van der Waals surface area (Å²) in [6, 6.07) is 3.74. The minimum Gasteiger partial charge on any atom is -0.258 e. The molecule has 0 spiro atoms. The van der Waals surface area contributed by atoms with Crippen molar-refractivity contribution in [1.82, 2.24) is 0 Å². The van der Waals surface area contributed by atoms with Gasteiger partial charge in [0.25, 0.3) is 5.69 Å². The average molecular weight is 211 g/mol. The van der Waals surface area contributed by atoms with Crippen LogP contribution in [-0.4, -0.2) is 4.92 Å². The second kappa shape index (κ2) is 3.96. The number of halogens is 1. The summed E-state index contributed by atoms with van der Waals surface area (Å²) in [7, 11) is 0. The van der Waals surface area contributed by atoms with Crippen LogP contribution in [0.4, 0.5) is 10.1 Å². The summed E-state index contributed by atoms with van der Waals surface area (Å²) < 4.78 is 12.9. The Balaban J connectivity index is 3.35. The van der Waals surface area contributed by atoms with Crippen molar-refractivity contribution in [3.63, 3.8) is 0 Å². The highest BCUT2D eigenvalue weighted by atomic mass is 19.1. The zero-order chi connectivity index (χ0) is 11.6. The highest BCUT2D eigenvalue weighted by Crippen LogP contribution is 2.34. The van der Waals surface area contributed by atoms with Crippen LogP contribution in [-0.2, 0) is 5.41 Å². The van der Waals surface area contributed by atoms with Crippen molar-refractivity contribution >= 4 is 5.69 Å². The molecule has 82 valence electrons. The van der Waals surface area contributed by atoms with E-state index >= 15 is 0 Å². The number of nitrogens with zero attached hydrogens (tertiary/aromatic N) is 1. The molecule has 0 saturated carbocycles. The van der Waals surface area contributed by atoms with Crippen molar-refractivity contribution in [2.45, 2.75) is 32.6 Å². The topological polar surface area (TPSA) is 43.1 Å². The first kappa shape index (κ1) is 11.6. The van der Waals surface area contributed by atoms with Gasteiger partial charge in [-0.1, -0.05) is 20.8 Å². The van der Waals surface area contributed by atoms with E-state index in [4.69, 9.17) is 0 Å². The lowest BCUT2D eigenvalue weighted by atomic mass is 9.81. The van der Waals surface area contributed by atoms with E-state index in [0.717, 1.165) is 12.5 Å². The van der Waals surface area contributed by atoms with Crippen LogP contribution in [0, 0.1) is 15.9 Å². The van der Waals surface area contributed by atoms with Crippen molar-refractivity contribution in [2.75, 3.05) is 0 Å². The standard InChI is InChI=1S/C11H14FNO2/c1-4-11(2,3)9-6-5-8(12)7-10(9)13(14)15/h5-7H,4H2,1-3H3. The third-order valence-electron chi connectivity index (χ3n) is 2.77. The zero-order valence-corrected chi connectivity index (χ0v) is 9.08. The van der Waals surface area contributed by atoms with Gasteiger partial charge in [0, 0.05) is 5.56 Å². The van der Waals surface area contributed by atoms with E-state index in [1.807, 2.05) is 20.8 Å². The van der Waals surface area contributed by atoms with Crippen molar-refractivity contribution < 1.29 is 9.31 Å². The molecule has 0 fully saturated rings. The highest BCUT2D eigenvalue weighted by Gasteiger charge is 2.27. The molecule has 1 aromatic rings. The molecule has 3 nitrogen and oxygen atoms in total. The SMILES string of the molecule is CCC(C)(C)c1ccc(F)cc1[N+](=O)[O-]. The minimum atomic E-state index is -0.572. The van der Waals surface area contributed by atoms with Crippen LogP contribution in [0.2, 0.25) is 0 Å². The Kier molecular flexibility index (Phi) is 3.07. The third-order valence-corrected chi connectivity index (χ3v) is 2.77. The van der Waals surface area contributed by atoms with Crippen LogP contribution in [0.3, 0.4) is 0 Å².